The summed E-state index contributed by atoms with van der Waals surface area (Å²) in [6.45, 7) is 12.4. The van der Waals surface area contributed by atoms with E-state index in [2.05, 4.69) is 50.1 Å². The molecule has 98 valence electrons. The van der Waals surface area contributed by atoms with Gasteiger partial charge in [-0.25, -0.2) is 0 Å². The molecule has 0 spiro atoms. The zero-order valence-electron chi connectivity index (χ0n) is 11.4. The van der Waals surface area contributed by atoms with E-state index < -0.39 is 0 Å². The van der Waals surface area contributed by atoms with Crippen LogP contribution in [0.4, 0.5) is 0 Å². The highest BCUT2D eigenvalue weighted by Crippen LogP contribution is 2.24. The molecule has 0 fully saturated rings. The largest absolute Gasteiger partial charge is 0.463 e. The van der Waals surface area contributed by atoms with E-state index in [4.69, 9.17) is 4.74 Å². The van der Waals surface area contributed by atoms with E-state index in [0.717, 1.165) is 24.5 Å². The lowest BCUT2D eigenvalue weighted by Gasteiger charge is -2.22. The fraction of sp³-hybridized carbons (Fsp3) is 0.833. The summed E-state index contributed by atoms with van der Waals surface area (Å²) in [6.07, 6.45) is 0.952. The Labute approximate surface area is 108 Å². The zero-order chi connectivity index (χ0) is 12.9. The van der Waals surface area contributed by atoms with Crippen molar-refractivity contribution in [3.05, 3.63) is 5.01 Å². The Bertz CT molecular complexity index is 336. The Morgan fingerprint density at radius 2 is 2.06 bits per heavy atom. The van der Waals surface area contributed by atoms with E-state index >= 15 is 0 Å². The highest BCUT2D eigenvalue weighted by molar-refractivity contribution is 7.13. The van der Waals surface area contributed by atoms with Crippen molar-refractivity contribution in [3.63, 3.8) is 0 Å². The molecule has 4 nitrogen and oxygen atoms in total. The first-order chi connectivity index (χ1) is 7.93. The Kier molecular flexibility index (Phi) is 5.33. The third kappa shape index (κ3) is 5.46. The molecule has 0 amide bonds. The van der Waals surface area contributed by atoms with Gasteiger partial charge in [-0.05, 0) is 32.7 Å². The maximum Gasteiger partial charge on any atom is 0.294 e. The van der Waals surface area contributed by atoms with Crippen LogP contribution in [0.2, 0.25) is 0 Å². The fourth-order valence-corrected chi connectivity index (χ4v) is 1.93. The molecule has 1 N–H and O–H groups in total. The fourth-order valence-electron chi connectivity index (χ4n) is 1.13. The number of nitrogens with zero attached hydrogens (tertiary/aromatic N) is 2. The molecule has 0 bridgehead atoms. The Morgan fingerprint density at radius 3 is 2.65 bits per heavy atom. The molecule has 1 rings (SSSR count). The molecule has 0 aliphatic heterocycles. The van der Waals surface area contributed by atoms with Gasteiger partial charge in [0.2, 0.25) is 0 Å². The lowest BCUT2D eigenvalue weighted by Crippen LogP contribution is -2.26. The summed E-state index contributed by atoms with van der Waals surface area (Å²) in [7, 11) is 0. The molecule has 0 unspecified atom stereocenters. The van der Waals surface area contributed by atoms with Crippen molar-refractivity contribution in [1.29, 1.82) is 0 Å². The molecule has 1 aromatic heterocycles. The number of hydrogen-bond donors (Lipinski definition) is 1. The molecule has 0 saturated heterocycles. The third-order valence-corrected chi connectivity index (χ3v) is 3.29. The van der Waals surface area contributed by atoms with E-state index in [1.165, 1.54) is 11.3 Å². The van der Waals surface area contributed by atoms with Crippen molar-refractivity contribution in [2.75, 3.05) is 6.54 Å². The molecule has 0 atom stereocenters. The maximum absolute atomic E-state index is 5.78. The molecule has 17 heavy (non-hydrogen) atoms. The smallest absolute Gasteiger partial charge is 0.294 e. The summed E-state index contributed by atoms with van der Waals surface area (Å²) < 4.78 is 5.78. The summed E-state index contributed by atoms with van der Waals surface area (Å²) in [5.74, 6) is 0.651. The Balaban J connectivity index is 2.43. The minimum atomic E-state index is -0.165. The summed E-state index contributed by atoms with van der Waals surface area (Å²) in [5.41, 5.74) is -0.165. The number of aromatic nitrogens is 2. The molecule has 0 aromatic carbocycles. The van der Waals surface area contributed by atoms with Crippen LogP contribution in [0.25, 0.3) is 0 Å². The first-order valence-corrected chi connectivity index (χ1v) is 6.96. The van der Waals surface area contributed by atoms with Gasteiger partial charge in [0, 0.05) is 6.54 Å². The molecule has 0 saturated carbocycles. The van der Waals surface area contributed by atoms with Crippen LogP contribution in [0, 0.1) is 5.92 Å². The van der Waals surface area contributed by atoms with Gasteiger partial charge in [0.15, 0.2) is 0 Å². The molecule has 0 aliphatic rings. The molecular weight excluding hydrogens is 234 g/mol. The lowest BCUT2D eigenvalue weighted by molar-refractivity contribution is 0.104. The van der Waals surface area contributed by atoms with E-state index in [0.29, 0.717) is 11.1 Å². The van der Waals surface area contributed by atoms with Gasteiger partial charge in [-0.1, -0.05) is 37.2 Å². The predicted molar refractivity (Wildman–Crippen MR) is 71.5 cm³/mol. The van der Waals surface area contributed by atoms with Crippen LogP contribution >= 0.6 is 11.3 Å². The molecule has 1 aromatic rings. The van der Waals surface area contributed by atoms with Crippen LogP contribution < -0.4 is 10.1 Å². The number of ether oxygens (including phenoxy) is 1. The molecule has 1 heterocycles. The van der Waals surface area contributed by atoms with Crippen LogP contribution in [-0.4, -0.2) is 22.3 Å². The van der Waals surface area contributed by atoms with Crippen molar-refractivity contribution in [2.24, 2.45) is 5.92 Å². The van der Waals surface area contributed by atoms with Crippen LogP contribution in [0.1, 0.15) is 46.0 Å². The van der Waals surface area contributed by atoms with E-state index in [-0.39, 0.29) is 5.60 Å². The topological polar surface area (TPSA) is 47.0 Å². The predicted octanol–water partition coefficient (Wildman–Crippen LogP) is 2.85. The number of hydrogen-bond acceptors (Lipinski definition) is 5. The minimum absolute atomic E-state index is 0.165. The third-order valence-electron chi connectivity index (χ3n) is 2.49. The molecule has 0 radical (unpaired) electrons. The van der Waals surface area contributed by atoms with E-state index in [1.54, 1.807) is 0 Å². The van der Waals surface area contributed by atoms with Crippen LogP contribution in [0.3, 0.4) is 0 Å². The van der Waals surface area contributed by atoms with Gasteiger partial charge >= 0.3 is 0 Å². The van der Waals surface area contributed by atoms with Gasteiger partial charge < -0.3 is 10.1 Å². The second-order valence-electron chi connectivity index (χ2n) is 5.20. The quantitative estimate of drug-likeness (QED) is 0.816. The van der Waals surface area contributed by atoms with E-state index in [1.807, 2.05) is 0 Å². The number of nitrogens with one attached hydrogen (secondary N) is 1. The van der Waals surface area contributed by atoms with Gasteiger partial charge in [0.1, 0.15) is 10.6 Å². The summed E-state index contributed by atoms with van der Waals surface area (Å²) in [5, 5.41) is 13.2. The van der Waals surface area contributed by atoms with Crippen LogP contribution in [0.15, 0.2) is 0 Å². The monoisotopic (exact) mass is 257 g/mol. The Morgan fingerprint density at radius 1 is 1.35 bits per heavy atom. The van der Waals surface area contributed by atoms with Crippen molar-refractivity contribution in [1.82, 2.24) is 15.5 Å². The standard InChI is InChI=1S/C12H23N3OS/c1-6-12(4,5)16-11-15-14-10(17-11)8-13-7-9(2)3/h9,13H,6-8H2,1-5H3. The van der Waals surface area contributed by atoms with Crippen molar-refractivity contribution < 1.29 is 4.74 Å². The molecule has 0 aliphatic carbocycles. The van der Waals surface area contributed by atoms with Gasteiger partial charge in [-0.2, -0.15) is 0 Å². The summed E-state index contributed by atoms with van der Waals surface area (Å²) >= 11 is 1.52. The maximum atomic E-state index is 5.78. The summed E-state index contributed by atoms with van der Waals surface area (Å²) in [4.78, 5) is 0. The van der Waals surface area contributed by atoms with Crippen LogP contribution in [0.5, 0.6) is 5.19 Å². The summed E-state index contributed by atoms with van der Waals surface area (Å²) in [6, 6.07) is 0. The average Bonchev–Trinajstić information content (AvgIpc) is 2.64. The highest BCUT2D eigenvalue weighted by atomic mass is 32.1. The van der Waals surface area contributed by atoms with E-state index in [9.17, 15) is 0 Å². The SMILES string of the molecule is CCC(C)(C)Oc1nnc(CNCC(C)C)s1. The van der Waals surface area contributed by atoms with Crippen LogP contribution in [-0.2, 0) is 6.54 Å². The van der Waals surface area contributed by atoms with Gasteiger partial charge in [0.05, 0.1) is 0 Å². The molecular formula is C12H23N3OS. The van der Waals surface area contributed by atoms with Crippen molar-refractivity contribution in [2.45, 2.75) is 53.2 Å². The first kappa shape index (κ1) is 14.4. The highest BCUT2D eigenvalue weighted by Gasteiger charge is 2.19. The van der Waals surface area contributed by atoms with Gasteiger partial charge in [0.25, 0.3) is 5.19 Å². The number of rotatable bonds is 7. The normalized spacial score (nSPS) is 12.1. The first-order valence-electron chi connectivity index (χ1n) is 6.15. The average molecular weight is 257 g/mol. The minimum Gasteiger partial charge on any atom is -0.463 e. The van der Waals surface area contributed by atoms with Crippen molar-refractivity contribution >= 4 is 11.3 Å². The second kappa shape index (κ2) is 6.31. The second-order valence-corrected chi connectivity index (χ2v) is 6.23. The van der Waals surface area contributed by atoms with Gasteiger partial charge in [-0.15, -0.1) is 5.10 Å². The zero-order valence-corrected chi connectivity index (χ0v) is 12.2. The lowest BCUT2D eigenvalue weighted by atomic mass is 10.1. The van der Waals surface area contributed by atoms with Crippen molar-refractivity contribution in [3.8, 4) is 5.19 Å². The Hall–Kier alpha value is -0.680. The van der Waals surface area contributed by atoms with Gasteiger partial charge in [-0.3, -0.25) is 0 Å². The molecule has 5 heteroatoms.